The number of hydrogen-bond donors (Lipinski definition) is 2. The van der Waals surface area contributed by atoms with Gasteiger partial charge in [0.05, 0.1) is 5.69 Å². The van der Waals surface area contributed by atoms with Crippen molar-refractivity contribution in [2.24, 2.45) is 0 Å². The summed E-state index contributed by atoms with van der Waals surface area (Å²) in [7, 11) is 0. The zero-order valence-corrected chi connectivity index (χ0v) is 10.6. The van der Waals surface area contributed by atoms with Gasteiger partial charge in [0, 0.05) is 23.4 Å². The Bertz CT molecular complexity index is 472. The van der Waals surface area contributed by atoms with E-state index in [1.54, 1.807) is 12.2 Å². The smallest absolute Gasteiger partial charge is 0.253 e. The van der Waals surface area contributed by atoms with E-state index in [1.807, 2.05) is 13.8 Å². The number of pyridine rings is 1. The molecule has 1 aromatic heterocycles. The van der Waals surface area contributed by atoms with Gasteiger partial charge in [-0.15, -0.1) is 0 Å². The molecule has 0 fully saturated rings. The highest BCUT2D eigenvalue weighted by Crippen LogP contribution is 2.26. The van der Waals surface area contributed by atoms with Crippen molar-refractivity contribution >= 4 is 17.8 Å². The van der Waals surface area contributed by atoms with E-state index in [-0.39, 0.29) is 5.56 Å². The largest absolute Gasteiger partial charge is 0.384 e. The maximum absolute atomic E-state index is 11.7. The van der Waals surface area contributed by atoms with Gasteiger partial charge in [0.25, 0.3) is 5.56 Å². The maximum atomic E-state index is 11.7. The Morgan fingerprint density at radius 2 is 1.94 bits per heavy atom. The molecule has 17 heavy (non-hydrogen) atoms. The summed E-state index contributed by atoms with van der Waals surface area (Å²) >= 11 is 0. The molecular formula is C14H20N2O. The van der Waals surface area contributed by atoms with Crippen LogP contribution >= 0.6 is 0 Å². The minimum absolute atomic E-state index is 0.0160. The van der Waals surface area contributed by atoms with Crippen molar-refractivity contribution in [1.29, 1.82) is 0 Å². The van der Waals surface area contributed by atoms with Crippen molar-refractivity contribution in [3.8, 4) is 0 Å². The van der Waals surface area contributed by atoms with Crippen molar-refractivity contribution in [2.75, 3.05) is 11.9 Å². The van der Waals surface area contributed by atoms with Crippen molar-refractivity contribution in [3.05, 3.63) is 40.3 Å². The van der Waals surface area contributed by atoms with Crippen molar-refractivity contribution in [3.63, 3.8) is 0 Å². The molecule has 1 aliphatic heterocycles. The Morgan fingerprint density at radius 1 is 1.24 bits per heavy atom. The molecule has 0 spiro atoms. The second kappa shape index (κ2) is 6.09. The van der Waals surface area contributed by atoms with Crippen molar-refractivity contribution in [1.82, 2.24) is 4.98 Å². The van der Waals surface area contributed by atoms with Crippen LogP contribution in [-0.2, 0) is 6.42 Å². The second-order valence-corrected chi connectivity index (χ2v) is 3.57. The Balaban J connectivity index is 0.000000686. The number of aromatic amines is 1. The van der Waals surface area contributed by atoms with Crippen LogP contribution in [0.3, 0.4) is 0 Å². The fourth-order valence-electron chi connectivity index (χ4n) is 1.97. The third-order valence-corrected chi connectivity index (χ3v) is 2.70. The molecule has 0 aliphatic carbocycles. The predicted octanol–water partition coefficient (Wildman–Crippen LogP) is 3.05. The van der Waals surface area contributed by atoms with Gasteiger partial charge in [-0.2, -0.15) is 0 Å². The van der Waals surface area contributed by atoms with Gasteiger partial charge in [-0.25, -0.2) is 0 Å². The van der Waals surface area contributed by atoms with Crippen LogP contribution in [0.25, 0.3) is 12.2 Å². The van der Waals surface area contributed by atoms with E-state index in [4.69, 9.17) is 0 Å². The van der Waals surface area contributed by atoms with E-state index < -0.39 is 0 Å². The maximum Gasteiger partial charge on any atom is 0.253 e. The van der Waals surface area contributed by atoms with E-state index in [2.05, 4.69) is 23.5 Å². The number of anilines is 1. The van der Waals surface area contributed by atoms with E-state index in [9.17, 15) is 4.79 Å². The van der Waals surface area contributed by atoms with Crippen LogP contribution in [0.4, 0.5) is 5.69 Å². The zero-order valence-electron chi connectivity index (χ0n) is 10.6. The van der Waals surface area contributed by atoms with Gasteiger partial charge in [-0.1, -0.05) is 33.1 Å². The van der Waals surface area contributed by atoms with Gasteiger partial charge in [0.2, 0.25) is 0 Å². The van der Waals surface area contributed by atoms with Crippen LogP contribution in [0.2, 0.25) is 0 Å². The fourth-order valence-corrected chi connectivity index (χ4v) is 1.97. The molecule has 3 nitrogen and oxygen atoms in total. The Hall–Kier alpha value is -1.77. The SMILES string of the molecule is C=Cc1[nH]c(=O)c2c(c1C=C)NCCC2.CC. The number of aromatic nitrogens is 1. The van der Waals surface area contributed by atoms with E-state index in [0.717, 1.165) is 41.9 Å². The summed E-state index contributed by atoms with van der Waals surface area (Å²) in [6.07, 6.45) is 5.23. The molecule has 0 atom stereocenters. The molecule has 0 saturated heterocycles. The first-order chi connectivity index (χ1) is 8.27. The number of H-pyrrole nitrogens is 1. The Kier molecular flexibility index (Phi) is 4.76. The summed E-state index contributed by atoms with van der Waals surface area (Å²) < 4.78 is 0. The minimum Gasteiger partial charge on any atom is -0.384 e. The number of nitrogens with one attached hydrogen (secondary N) is 2. The van der Waals surface area contributed by atoms with Crippen LogP contribution in [0.1, 0.15) is 37.1 Å². The molecule has 3 heteroatoms. The first kappa shape index (κ1) is 13.3. The van der Waals surface area contributed by atoms with Gasteiger partial charge < -0.3 is 10.3 Å². The standard InChI is InChI=1S/C12H14N2O.C2H6/c1-3-8-10(4-2)14-12(15)9-6-5-7-13-11(8)9;1-2/h3-4,13H,1-2,5-7H2,(H,14,15);1-2H3. The molecule has 2 rings (SSSR count). The third kappa shape index (κ3) is 2.49. The topological polar surface area (TPSA) is 44.9 Å². The summed E-state index contributed by atoms with van der Waals surface area (Å²) in [5.74, 6) is 0. The highest BCUT2D eigenvalue weighted by molar-refractivity contribution is 5.75. The molecule has 0 radical (unpaired) electrons. The Labute approximate surface area is 102 Å². The van der Waals surface area contributed by atoms with Crippen molar-refractivity contribution < 1.29 is 0 Å². The number of fused-ring (bicyclic) bond motifs is 1. The predicted molar refractivity (Wildman–Crippen MR) is 75.4 cm³/mol. The highest BCUT2D eigenvalue weighted by Gasteiger charge is 2.16. The van der Waals surface area contributed by atoms with Gasteiger partial charge in [-0.05, 0) is 18.9 Å². The number of rotatable bonds is 2. The number of hydrogen-bond acceptors (Lipinski definition) is 2. The molecule has 0 bridgehead atoms. The molecular weight excluding hydrogens is 212 g/mol. The van der Waals surface area contributed by atoms with Crippen LogP contribution in [0, 0.1) is 0 Å². The molecule has 0 amide bonds. The summed E-state index contributed by atoms with van der Waals surface area (Å²) in [4.78, 5) is 14.6. The van der Waals surface area contributed by atoms with E-state index in [0.29, 0.717) is 0 Å². The van der Waals surface area contributed by atoms with E-state index >= 15 is 0 Å². The molecule has 0 unspecified atom stereocenters. The molecule has 92 valence electrons. The summed E-state index contributed by atoms with van der Waals surface area (Å²) in [5.41, 5.74) is 3.43. The van der Waals surface area contributed by atoms with Gasteiger partial charge in [0.15, 0.2) is 0 Å². The molecule has 0 saturated carbocycles. The first-order valence-corrected chi connectivity index (χ1v) is 6.06. The lowest BCUT2D eigenvalue weighted by atomic mass is 10.00. The van der Waals surface area contributed by atoms with Gasteiger partial charge in [-0.3, -0.25) is 4.79 Å². The lowest BCUT2D eigenvalue weighted by molar-refractivity contribution is 0.813. The third-order valence-electron chi connectivity index (χ3n) is 2.70. The molecule has 1 aliphatic rings. The average molecular weight is 232 g/mol. The minimum atomic E-state index is -0.0160. The van der Waals surface area contributed by atoms with Crippen LogP contribution in [0.15, 0.2) is 18.0 Å². The quantitative estimate of drug-likeness (QED) is 0.823. The molecule has 2 N–H and O–H groups in total. The summed E-state index contributed by atoms with van der Waals surface area (Å²) in [5, 5.41) is 3.26. The Morgan fingerprint density at radius 3 is 2.53 bits per heavy atom. The summed E-state index contributed by atoms with van der Waals surface area (Å²) in [6.45, 7) is 12.4. The average Bonchev–Trinajstić information content (AvgIpc) is 2.41. The second-order valence-electron chi connectivity index (χ2n) is 3.57. The fraction of sp³-hybridized carbons (Fsp3) is 0.357. The van der Waals surface area contributed by atoms with E-state index in [1.165, 1.54) is 0 Å². The normalized spacial score (nSPS) is 12.6. The molecule has 1 aromatic rings. The van der Waals surface area contributed by atoms with Crippen LogP contribution in [0.5, 0.6) is 0 Å². The van der Waals surface area contributed by atoms with Gasteiger partial charge >= 0.3 is 0 Å². The summed E-state index contributed by atoms with van der Waals surface area (Å²) in [6, 6.07) is 0. The van der Waals surface area contributed by atoms with Crippen molar-refractivity contribution in [2.45, 2.75) is 26.7 Å². The van der Waals surface area contributed by atoms with Crippen LogP contribution in [-0.4, -0.2) is 11.5 Å². The van der Waals surface area contributed by atoms with Gasteiger partial charge in [0.1, 0.15) is 0 Å². The lowest BCUT2D eigenvalue weighted by Crippen LogP contribution is -2.24. The molecule has 0 aromatic carbocycles. The zero-order chi connectivity index (χ0) is 12.8. The monoisotopic (exact) mass is 232 g/mol. The lowest BCUT2D eigenvalue weighted by Gasteiger charge is -2.20. The van der Waals surface area contributed by atoms with Crippen LogP contribution < -0.4 is 10.9 Å². The molecule has 2 heterocycles. The highest BCUT2D eigenvalue weighted by atomic mass is 16.1. The first-order valence-electron chi connectivity index (χ1n) is 6.06.